The lowest BCUT2D eigenvalue weighted by Gasteiger charge is -2.33. The molecule has 0 saturated carbocycles. The summed E-state index contributed by atoms with van der Waals surface area (Å²) < 4.78 is 27.7. The van der Waals surface area contributed by atoms with E-state index in [1.165, 1.54) is 0 Å². The quantitative estimate of drug-likeness (QED) is 0.800. The minimum absolute atomic E-state index is 0.0543. The molecule has 3 N–H and O–H groups in total. The summed E-state index contributed by atoms with van der Waals surface area (Å²) in [4.78, 5) is 13.2. The monoisotopic (exact) mass is 269 g/mol. The molecule has 0 aromatic heterocycles. The van der Waals surface area contributed by atoms with Crippen LogP contribution in [0.25, 0.3) is 0 Å². The minimum Gasteiger partial charge on any atom is -0.399 e. The molecule has 1 amide bonds. The number of hydrogen-bond acceptors (Lipinski definition) is 3. The number of carbonyl (C=O) groups is 1. The Morgan fingerprint density at radius 1 is 1.42 bits per heavy atom. The Kier molecular flexibility index (Phi) is 3.87. The number of halogens is 2. The molecule has 0 radical (unpaired) electrons. The van der Waals surface area contributed by atoms with Crippen molar-refractivity contribution in [3.05, 3.63) is 23.8 Å². The number of anilines is 2. The minimum atomic E-state index is -0.685. The molecule has 6 heteroatoms. The zero-order valence-electron chi connectivity index (χ0n) is 10.7. The number of benzene rings is 1. The summed E-state index contributed by atoms with van der Waals surface area (Å²) in [5.74, 6) is -1.71. The van der Waals surface area contributed by atoms with Crippen LogP contribution in [0.15, 0.2) is 12.1 Å². The van der Waals surface area contributed by atoms with Gasteiger partial charge in [0.15, 0.2) is 11.6 Å². The molecule has 1 fully saturated rings. The van der Waals surface area contributed by atoms with Crippen molar-refractivity contribution in [3.63, 3.8) is 0 Å². The van der Waals surface area contributed by atoms with E-state index in [0.717, 1.165) is 25.0 Å². The Labute approximate surface area is 110 Å². The van der Waals surface area contributed by atoms with E-state index in [1.807, 2.05) is 0 Å². The average molecular weight is 269 g/mol. The maximum Gasteiger partial charge on any atom is 0.224 e. The van der Waals surface area contributed by atoms with Gasteiger partial charge in [-0.1, -0.05) is 0 Å². The fraction of sp³-hybridized carbons (Fsp3) is 0.462. The lowest BCUT2D eigenvalue weighted by atomic mass is 9.96. The predicted molar refractivity (Wildman–Crippen MR) is 69.8 cm³/mol. The molecule has 2 rings (SSSR count). The number of carbonyl (C=O) groups excluding carboxylic acids is 1. The fourth-order valence-electron chi connectivity index (χ4n) is 2.49. The van der Waals surface area contributed by atoms with Crippen molar-refractivity contribution in [3.8, 4) is 0 Å². The third-order valence-corrected chi connectivity index (χ3v) is 3.39. The second-order valence-electron chi connectivity index (χ2n) is 4.73. The van der Waals surface area contributed by atoms with Crippen molar-refractivity contribution in [1.29, 1.82) is 0 Å². The molecule has 1 atom stereocenters. The van der Waals surface area contributed by atoms with Crippen LogP contribution in [0, 0.1) is 17.6 Å². The van der Waals surface area contributed by atoms with Gasteiger partial charge in [-0.3, -0.25) is 4.79 Å². The third kappa shape index (κ3) is 2.77. The van der Waals surface area contributed by atoms with Gasteiger partial charge in [0.05, 0.1) is 5.92 Å². The Hall–Kier alpha value is -1.85. The van der Waals surface area contributed by atoms with Crippen LogP contribution >= 0.6 is 0 Å². The highest BCUT2D eigenvalue weighted by Gasteiger charge is 2.28. The molecule has 1 aliphatic heterocycles. The molecule has 1 aromatic rings. The highest BCUT2D eigenvalue weighted by atomic mass is 19.1. The molecule has 4 nitrogen and oxygen atoms in total. The molecule has 1 aliphatic rings. The van der Waals surface area contributed by atoms with Crippen molar-refractivity contribution in [2.45, 2.75) is 12.8 Å². The number of nitrogens with two attached hydrogens (primary N) is 1. The predicted octanol–water partition coefficient (Wildman–Crippen LogP) is 1.51. The van der Waals surface area contributed by atoms with E-state index in [0.29, 0.717) is 13.1 Å². The van der Waals surface area contributed by atoms with Gasteiger partial charge in [-0.05, 0) is 25.0 Å². The number of nitrogens with one attached hydrogen (secondary N) is 1. The summed E-state index contributed by atoms with van der Waals surface area (Å²) in [5, 5.41) is 2.57. The summed E-state index contributed by atoms with van der Waals surface area (Å²) in [5.41, 5.74) is 5.35. The normalized spacial score (nSPS) is 19.3. The lowest BCUT2D eigenvalue weighted by molar-refractivity contribution is -0.124. The number of rotatable bonds is 2. The largest absolute Gasteiger partial charge is 0.399 e. The van der Waals surface area contributed by atoms with E-state index >= 15 is 0 Å². The first-order chi connectivity index (χ1) is 9.02. The van der Waals surface area contributed by atoms with Gasteiger partial charge in [-0.2, -0.15) is 0 Å². The smallest absolute Gasteiger partial charge is 0.224 e. The van der Waals surface area contributed by atoms with Crippen molar-refractivity contribution in [2.24, 2.45) is 5.92 Å². The standard InChI is InChI=1S/C13H17F2N3O/c1-17-13(19)8-3-2-4-18(7-8)12-10(14)5-9(16)6-11(12)15/h5-6,8H,2-4,7,16H2,1H3,(H,17,19). The molecule has 104 valence electrons. The topological polar surface area (TPSA) is 58.4 Å². The lowest BCUT2D eigenvalue weighted by Crippen LogP contribution is -2.42. The number of amides is 1. The average Bonchev–Trinajstić information content (AvgIpc) is 2.37. The van der Waals surface area contributed by atoms with E-state index < -0.39 is 11.6 Å². The van der Waals surface area contributed by atoms with Crippen LogP contribution < -0.4 is 16.0 Å². The Bertz CT molecular complexity index is 470. The van der Waals surface area contributed by atoms with Crippen molar-refractivity contribution < 1.29 is 13.6 Å². The van der Waals surface area contributed by atoms with Gasteiger partial charge in [0.1, 0.15) is 5.69 Å². The van der Waals surface area contributed by atoms with E-state index in [1.54, 1.807) is 11.9 Å². The van der Waals surface area contributed by atoms with Crippen LogP contribution in [0.1, 0.15) is 12.8 Å². The van der Waals surface area contributed by atoms with Crippen molar-refractivity contribution in [1.82, 2.24) is 5.32 Å². The first kappa shape index (κ1) is 13.6. The summed E-state index contributed by atoms with van der Waals surface area (Å²) >= 11 is 0. The Balaban J connectivity index is 2.25. The van der Waals surface area contributed by atoms with Gasteiger partial charge in [-0.25, -0.2) is 8.78 Å². The molecular weight excluding hydrogens is 252 g/mol. The first-order valence-electron chi connectivity index (χ1n) is 6.24. The number of piperidine rings is 1. The first-order valence-corrected chi connectivity index (χ1v) is 6.24. The summed E-state index contributed by atoms with van der Waals surface area (Å²) in [6.07, 6.45) is 1.45. The molecule has 0 spiro atoms. The molecule has 1 heterocycles. The van der Waals surface area contributed by atoms with Crippen LogP contribution in [0.5, 0.6) is 0 Å². The van der Waals surface area contributed by atoms with Crippen molar-refractivity contribution >= 4 is 17.3 Å². The van der Waals surface area contributed by atoms with Crippen LogP contribution in [0.2, 0.25) is 0 Å². The number of nitrogens with zero attached hydrogens (tertiary/aromatic N) is 1. The second-order valence-corrected chi connectivity index (χ2v) is 4.73. The van der Waals surface area contributed by atoms with Gasteiger partial charge in [0.2, 0.25) is 5.91 Å². The van der Waals surface area contributed by atoms with Gasteiger partial charge in [0, 0.05) is 25.8 Å². The van der Waals surface area contributed by atoms with Crippen LogP contribution in [-0.4, -0.2) is 26.0 Å². The van der Waals surface area contributed by atoms with E-state index in [2.05, 4.69) is 5.32 Å². The van der Waals surface area contributed by atoms with Crippen molar-refractivity contribution in [2.75, 3.05) is 30.8 Å². The maximum atomic E-state index is 13.8. The van der Waals surface area contributed by atoms with E-state index in [4.69, 9.17) is 5.73 Å². The SMILES string of the molecule is CNC(=O)C1CCCN(c2c(F)cc(N)cc2F)C1. The fourth-order valence-corrected chi connectivity index (χ4v) is 2.49. The van der Waals surface area contributed by atoms with Gasteiger partial charge in [0.25, 0.3) is 0 Å². The molecule has 1 aromatic carbocycles. The highest BCUT2D eigenvalue weighted by Crippen LogP contribution is 2.29. The molecule has 1 saturated heterocycles. The van der Waals surface area contributed by atoms with Crippen LogP contribution in [-0.2, 0) is 4.79 Å². The van der Waals surface area contributed by atoms with Gasteiger partial charge in [-0.15, -0.1) is 0 Å². The maximum absolute atomic E-state index is 13.8. The summed E-state index contributed by atoms with van der Waals surface area (Å²) in [6.45, 7) is 0.850. The molecule has 0 aliphatic carbocycles. The summed E-state index contributed by atoms with van der Waals surface area (Å²) in [6, 6.07) is 2.20. The number of hydrogen-bond donors (Lipinski definition) is 2. The molecule has 1 unspecified atom stereocenters. The molecule has 0 bridgehead atoms. The van der Waals surface area contributed by atoms with Gasteiger partial charge >= 0.3 is 0 Å². The van der Waals surface area contributed by atoms with Gasteiger partial charge < -0.3 is 16.0 Å². The zero-order chi connectivity index (χ0) is 14.0. The number of nitrogen functional groups attached to an aromatic ring is 1. The second kappa shape index (κ2) is 5.42. The zero-order valence-corrected chi connectivity index (χ0v) is 10.7. The van der Waals surface area contributed by atoms with Crippen LogP contribution in [0.4, 0.5) is 20.2 Å². The van der Waals surface area contributed by atoms with Crippen LogP contribution in [0.3, 0.4) is 0 Å². The highest BCUT2D eigenvalue weighted by molar-refractivity contribution is 5.79. The van der Waals surface area contributed by atoms with E-state index in [9.17, 15) is 13.6 Å². The Morgan fingerprint density at radius 3 is 2.63 bits per heavy atom. The molecule has 19 heavy (non-hydrogen) atoms. The molecular formula is C13H17F2N3O. The van der Waals surface area contributed by atoms with E-state index in [-0.39, 0.29) is 23.2 Å². The third-order valence-electron chi connectivity index (χ3n) is 3.39. The summed E-state index contributed by atoms with van der Waals surface area (Å²) in [7, 11) is 1.56. The Morgan fingerprint density at radius 2 is 2.05 bits per heavy atom.